The first kappa shape index (κ1) is 47.5. The summed E-state index contributed by atoms with van der Waals surface area (Å²) in [7, 11) is 0. The molecule has 8 aromatic heterocycles. The molecular formula is C80H40N6O4. The number of fused-ring (bicyclic) bond motifs is 28. The quantitative estimate of drug-likeness (QED) is 0.173. The lowest BCUT2D eigenvalue weighted by atomic mass is 9.98. The fraction of sp³-hybridized carbons (Fsp3) is 0. The van der Waals surface area contributed by atoms with Crippen LogP contribution in [0.3, 0.4) is 0 Å². The monoisotopic (exact) mass is 1150 g/mol. The number of benzene rings is 13. The summed E-state index contributed by atoms with van der Waals surface area (Å²) in [5, 5.41) is 41.2. The molecule has 0 atom stereocenters. The first-order chi connectivity index (χ1) is 44.6. The summed E-state index contributed by atoms with van der Waals surface area (Å²) in [5.74, 6) is 0. The molecule has 21 rings (SSSR count). The molecule has 414 valence electrons. The normalized spacial score (nSPS) is 12.4. The number of hydrogen-bond donors (Lipinski definition) is 0. The molecule has 0 radical (unpaired) electrons. The van der Waals surface area contributed by atoms with Crippen molar-refractivity contribution >= 4 is 175 Å². The zero-order valence-corrected chi connectivity index (χ0v) is 47.4. The van der Waals surface area contributed by atoms with Crippen LogP contribution in [0.2, 0.25) is 0 Å². The Bertz CT molecular complexity index is 6530. The largest absolute Gasteiger partial charge is 0.456 e. The van der Waals surface area contributed by atoms with Crippen molar-refractivity contribution < 1.29 is 17.7 Å². The van der Waals surface area contributed by atoms with Gasteiger partial charge in [0.15, 0.2) is 0 Å². The van der Waals surface area contributed by atoms with E-state index in [1.54, 1.807) is 0 Å². The maximum Gasteiger partial charge on any atom is 0.136 e. The van der Waals surface area contributed by atoms with E-state index in [2.05, 4.69) is 200 Å². The van der Waals surface area contributed by atoms with E-state index in [0.29, 0.717) is 22.7 Å². The van der Waals surface area contributed by atoms with E-state index >= 15 is 0 Å². The average Bonchev–Trinajstić information content (AvgIpc) is 1.49. The third-order valence-corrected chi connectivity index (χ3v) is 19.2. The van der Waals surface area contributed by atoms with Crippen LogP contribution in [0.25, 0.3) is 198 Å². The van der Waals surface area contributed by atoms with E-state index in [1.165, 1.54) is 0 Å². The highest BCUT2D eigenvalue weighted by Crippen LogP contribution is 2.53. The molecule has 0 aliphatic rings. The molecular weight excluding hydrogens is 1110 g/mol. The van der Waals surface area contributed by atoms with Gasteiger partial charge in [0.2, 0.25) is 0 Å². The van der Waals surface area contributed by atoms with Crippen LogP contribution in [0.5, 0.6) is 0 Å². The molecule has 0 amide bonds. The highest BCUT2D eigenvalue weighted by molar-refractivity contribution is 6.32. The fourth-order valence-corrected chi connectivity index (χ4v) is 15.8. The van der Waals surface area contributed by atoms with Crippen LogP contribution in [0.4, 0.5) is 0 Å². The molecule has 90 heavy (non-hydrogen) atoms. The lowest BCUT2D eigenvalue weighted by Crippen LogP contribution is -2.17. The Labute approximate surface area is 507 Å². The van der Waals surface area contributed by atoms with Crippen LogP contribution < -0.4 is 0 Å². The SMILES string of the molecule is N#Cc1c(C#N)c(-n2c3ccccc3c3c4c(ccc32)oc2ccccc24)c(-n2c3ccccc3c3c4c(ccc32)oc2ccccc24)c(-n2c3ccccc3c3c4c(ccc32)oc2ccccc24)c1-n1c2ccccc2c2c3c(ccc21)oc1ccccc13. The van der Waals surface area contributed by atoms with Gasteiger partial charge in [-0.15, -0.1) is 0 Å². The summed E-state index contributed by atoms with van der Waals surface area (Å²) < 4.78 is 36.1. The minimum Gasteiger partial charge on any atom is -0.456 e. The van der Waals surface area contributed by atoms with Crippen molar-refractivity contribution in [1.82, 2.24) is 18.3 Å². The lowest BCUT2D eigenvalue weighted by molar-refractivity contribution is 0.669. The molecule has 0 unspecified atom stereocenters. The first-order valence-electron chi connectivity index (χ1n) is 30.0. The van der Waals surface area contributed by atoms with E-state index in [4.69, 9.17) is 17.7 Å². The Hall–Kier alpha value is -12.8. The Morgan fingerprint density at radius 1 is 0.200 bits per heavy atom. The van der Waals surface area contributed by atoms with Crippen LogP contribution in [-0.4, -0.2) is 18.3 Å². The molecule has 0 aliphatic carbocycles. The molecule has 8 heterocycles. The second-order valence-electron chi connectivity index (χ2n) is 23.5. The van der Waals surface area contributed by atoms with E-state index in [-0.39, 0.29) is 11.1 Å². The van der Waals surface area contributed by atoms with Crippen LogP contribution in [0.1, 0.15) is 11.1 Å². The van der Waals surface area contributed by atoms with Gasteiger partial charge in [0.05, 0.1) is 78.0 Å². The number of rotatable bonds is 4. The van der Waals surface area contributed by atoms with Crippen LogP contribution in [0.15, 0.2) is 260 Å². The van der Waals surface area contributed by atoms with Gasteiger partial charge in [0.25, 0.3) is 0 Å². The van der Waals surface area contributed by atoms with Crippen molar-refractivity contribution in [3.8, 4) is 34.9 Å². The highest BCUT2D eigenvalue weighted by atomic mass is 16.3. The molecule has 0 fully saturated rings. The van der Waals surface area contributed by atoms with Gasteiger partial charge < -0.3 is 35.9 Å². The predicted octanol–water partition coefficient (Wildman–Crippen LogP) is 21.4. The molecule has 0 aliphatic heterocycles. The van der Waals surface area contributed by atoms with Crippen LogP contribution in [0, 0.1) is 22.7 Å². The highest BCUT2D eigenvalue weighted by Gasteiger charge is 2.36. The van der Waals surface area contributed by atoms with Gasteiger partial charge in [-0.25, -0.2) is 0 Å². The van der Waals surface area contributed by atoms with Gasteiger partial charge in [-0.05, 0) is 97.1 Å². The minimum atomic E-state index is 0.191. The Balaban J connectivity index is 1.08. The molecule has 21 aromatic rings. The third-order valence-electron chi connectivity index (χ3n) is 19.2. The number of nitrogens with zero attached hydrogens (tertiary/aromatic N) is 6. The van der Waals surface area contributed by atoms with E-state index < -0.39 is 0 Å². The summed E-state index contributed by atoms with van der Waals surface area (Å²) in [6.45, 7) is 0. The Morgan fingerprint density at radius 2 is 0.422 bits per heavy atom. The zero-order chi connectivity index (χ0) is 58.8. The fourth-order valence-electron chi connectivity index (χ4n) is 15.8. The summed E-state index contributed by atoms with van der Waals surface area (Å²) in [6.07, 6.45) is 0. The molecule has 0 saturated heterocycles. The maximum atomic E-state index is 12.8. The average molecular weight is 1150 g/mol. The van der Waals surface area contributed by atoms with Crippen LogP contribution >= 0.6 is 0 Å². The van der Waals surface area contributed by atoms with Crippen molar-refractivity contribution in [2.45, 2.75) is 0 Å². The van der Waals surface area contributed by atoms with Gasteiger partial charge >= 0.3 is 0 Å². The second kappa shape index (κ2) is 17.0. The topological polar surface area (TPSA) is 120 Å². The molecule has 0 spiro atoms. The summed E-state index contributed by atoms with van der Waals surface area (Å²) >= 11 is 0. The standard InChI is InChI=1S/C80H40N6O4/c81-41-51-52(42-82)78(84-54-26-10-2-18-44(54)70-58(84)34-38-66-74(70)48-22-6-14-30-62(48)88-66)80(86-56-28-12-4-20-46(56)72-60(86)36-40-68-76(72)50-24-8-16-32-64(50)90-68)79(85-55-27-11-3-19-45(55)71-59(85)35-39-67-75(71)49-23-7-15-31-63(49)89-67)77(51)83-53-25-9-1-17-43(53)69-57(83)33-37-65-73(69)47-21-5-13-29-61(47)87-65/h1-40H. The molecule has 13 aromatic carbocycles. The summed E-state index contributed by atoms with van der Waals surface area (Å²) in [4.78, 5) is 0. The number of para-hydroxylation sites is 8. The molecule has 0 N–H and O–H groups in total. The second-order valence-corrected chi connectivity index (χ2v) is 23.5. The van der Waals surface area contributed by atoms with Crippen molar-refractivity contribution in [1.29, 1.82) is 10.5 Å². The zero-order valence-electron chi connectivity index (χ0n) is 47.4. The smallest absolute Gasteiger partial charge is 0.136 e. The molecule has 0 bridgehead atoms. The van der Waals surface area contributed by atoms with Gasteiger partial charge in [0.1, 0.15) is 56.8 Å². The Kier molecular flexibility index (Phi) is 8.98. The van der Waals surface area contributed by atoms with Gasteiger partial charge in [-0.2, -0.15) is 10.5 Å². The van der Waals surface area contributed by atoms with Crippen molar-refractivity contribution in [3.05, 3.63) is 254 Å². The first-order valence-corrected chi connectivity index (χ1v) is 30.0. The molecule has 0 saturated carbocycles. The number of furan rings is 4. The third kappa shape index (κ3) is 5.81. The minimum absolute atomic E-state index is 0.191. The predicted molar refractivity (Wildman–Crippen MR) is 362 cm³/mol. The van der Waals surface area contributed by atoms with Gasteiger partial charge in [0, 0.05) is 86.2 Å². The number of hydrogen-bond acceptors (Lipinski definition) is 6. The van der Waals surface area contributed by atoms with Gasteiger partial charge in [-0.3, -0.25) is 0 Å². The summed E-state index contributed by atoms with van der Waals surface area (Å²) in [6, 6.07) is 89.3. The van der Waals surface area contributed by atoms with E-state index in [9.17, 15) is 10.5 Å². The van der Waals surface area contributed by atoms with Gasteiger partial charge in [-0.1, -0.05) is 146 Å². The number of nitriles is 2. The Morgan fingerprint density at radius 3 is 0.678 bits per heavy atom. The van der Waals surface area contributed by atoms with E-state index in [1.807, 2.05) is 72.8 Å². The molecule has 10 heteroatoms. The maximum absolute atomic E-state index is 12.8. The van der Waals surface area contributed by atoms with Crippen molar-refractivity contribution in [2.75, 3.05) is 0 Å². The lowest BCUT2D eigenvalue weighted by Gasteiger charge is -2.27. The van der Waals surface area contributed by atoms with E-state index in [0.717, 1.165) is 175 Å². The van der Waals surface area contributed by atoms with Crippen LogP contribution in [-0.2, 0) is 0 Å². The number of aromatic nitrogens is 4. The summed E-state index contributed by atoms with van der Waals surface area (Å²) in [5.41, 5.74) is 15.7. The van der Waals surface area contributed by atoms with Crippen molar-refractivity contribution in [2.24, 2.45) is 0 Å². The van der Waals surface area contributed by atoms with Crippen molar-refractivity contribution in [3.63, 3.8) is 0 Å². The molecule has 10 nitrogen and oxygen atoms in total.